The van der Waals surface area contributed by atoms with Crippen molar-refractivity contribution in [2.75, 3.05) is 17.3 Å². The first-order chi connectivity index (χ1) is 17.9. The van der Waals surface area contributed by atoms with E-state index in [2.05, 4.69) is 26.1 Å². The van der Waals surface area contributed by atoms with Gasteiger partial charge in [0.1, 0.15) is 11.5 Å². The van der Waals surface area contributed by atoms with Gasteiger partial charge in [-0.1, -0.05) is 45.0 Å². The number of anilines is 2. The van der Waals surface area contributed by atoms with Gasteiger partial charge >= 0.3 is 0 Å². The summed E-state index contributed by atoms with van der Waals surface area (Å²) < 4.78 is 5.33. The van der Waals surface area contributed by atoms with Crippen LogP contribution in [0.3, 0.4) is 0 Å². The monoisotopic (exact) mass is 512 g/mol. The van der Waals surface area contributed by atoms with Gasteiger partial charge in [0, 0.05) is 23.9 Å². The number of aliphatic hydroxyl groups is 1. The Labute approximate surface area is 222 Å². The fourth-order valence-corrected chi connectivity index (χ4v) is 4.67. The van der Waals surface area contributed by atoms with E-state index >= 15 is 0 Å². The number of aryl methyl sites for hydroxylation is 1. The second-order valence-corrected chi connectivity index (χ2v) is 10.5. The van der Waals surface area contributed by atoms with Crippen LogP contribution < -0.4 is 15.0 Å². The molecular formula is C31H32N2O5. The highest BCUT2D eigenvalue weighted by Gasteiger charge is 2.47. The third-order valence-electron chi connectivity index (χ3n) is 6.67. The Morgan fingerprint density at radius 1 is 0.974 bits per heavy atom. The predicted molar refractivity (Wildman–Crippen MR) is 148 cm³/mol. The Bertz CT molecular complexity index is 1430. The molecule has 0 aliphatic carbocycles. The van der Waals surface area contributed by atoms with Gasteiger partial charge in [0.15, 0.2) is 0 Å². The summed E-state index contributed by atoms with van der Waals surface area (Å²) in [6, 6.07) is 18.7. The topological polar surface area (TPSA) is 95.9 Å². The predicted octanol–water partition coefficient (Wildman–Crippen LogP) is 5.89. The number of hydrogen-bond acceptors (Lipinski definition) is 5. The Balaban J connectivity index is 1.89. The number of benzene rings is 3. The molecule has 38 heavy (non-hydrogen) atoms. The van der Waals surface area contributed by atoms with Gasteiger partial charge in [0.05, 0.1) is 18.7 Å². The molecule has 7 nitrogen and oxygen atoms in total. The number of Topliss-reactive ketones (excluding diaryl/α,β-unsaturated/α-hetero) is 1. The molecule has 1 unspecified atom stereocenters. The lowest BCUT2D eigenvalue weighted by Gasteiger charge is -2.27. The Hall–Kier alpha value is -4.39. The van der Waals surface area contributed by atoms with E-state index in [9.17, 15) is 19.5 Å². The molecular weight excluding hydrogens is 480 g/mol. The Morgan fingerprint density at radius 3 is 2.13 bits per heavy atom. The average molecular weight is 513 g/mol. The normalized spacial score (nSPS) is 17.0. The molecule has 2 N–H and O–H groups in total. The standard InChI is InChI=1S/C31H32N2O5/c1-18-17-21(9-16-25(18)38-6)28(35)26-27(20-7-10-22(11-8-20)31(3,4)5)33(30(37)29(26)36)24-14-12-23(13-15-24)32-19(2)34/h7-17,27,35H,1-6H3,(H,32,34)/b28-26-. The number of nitrogens with one attached hydrogen (secondary N) is 1. The molecule has 196 valence electrons. The van der Waals surface area contributed by atoms with Crippen LogP contribution in [-0.4, -0.2) is 29.8 Å². The molecule has 1 aliphatic heterocycles. The molecule has 1 aliphatic rings. The highest BCUT2D eigenvalue weighted by Crippen LogP contribution is 2.43. The van der Waals surface area contributed by atoms with Gasteiger partial charge in [-0.05, 0) is 71.5 Å². The zero-order valence-electron chi connectivity index (χ0n) is 22.5. The van der Waals surface area contributed by atoms with Crippen LogP contribution >= 0.6 is 0 Å². The molecule has 4 rings (SSSR count). The summed E-state index contributed by atoms with van der Waals surface area (Å²) in [5, 5.41) is 14.1. The molecule has 1 heterocycles. The van der Waals surface area contributed by atoms with E-state index in [4.69, 9.17) is 4.74 Å². The quantitative estimate of drug-likeness (QED) is 0.253. The number of hydrogen-bond donors (Lipinski definition) is 2. The molecule has 7 heteroatoms. The first kappa shape index (κ1) is 26.7. The van der Waals surface area contributed by atoms with Crippen LogP contribution in [0, 0.1) is 6.92 Å². The Kier molecular flexibility index (Phi) is 7.14. The third kappa shape index (κ3) is 5.05. The molecule has 3 aromatic rings. The fraction of sp³-hybridized carbons (Fsp3) is 0.258. The van der Waals surface area contributed by atoms with Crippen LogP contribution in [0.25, 0.3) is 5.76 Å². The van der Waals surface area contributed by atoms with Crippen molar-refractivity contribution in [2.24, 2.45) is 0 Å². The molecule has 1 fully saturated rings. The minimum Gasteiger partial charge on any atom is -0.507 e. The van der Waals surface area contributed by atoms with Crippen molar-refractivity contribution in [3.8, 4) is 5.75 Å². The maximum Gasteiger partial charge on any atom is 0.300 e. The summed E-state index contributed by atoms with van der Waals surface area (Å²) in [7, 11) is 1.56. The summed E-state index contributed by atoms with van der Waals surface area (Å²) in [6.45, 7) is 9.58. The van der Waals surface area contributed by atoms with E-state index < -0.39 is 17.7 Å². The average Bonchev–Trinajstić information content (AvgIpc) is 3.13. The second-order valence-electron chi connectivity index (χ2n) is 10.5. The molecule has 0 bridgehead atoms. The van der Waals surface area contributed by atoms with E-state index in [-0.39, 0.29) is 22.7 Å². The van der Waals surface area contributed by atoms with Gasteiger partial charge in [-0.3, -0.25) is 19.3 Å². The van der Waals surface area contributed by atoms with Crippen molar-refractivity contribution in [1.29, 1.82) is 0 Å². The lowest BCUT2D eigenvalue weighted by molar-refractivity contribution is -0.132. The molecule has 1 atom stereocenters. The van der Waals surface area contributed by atoms with Crippen molar-refractivity contribution in [2.45, 2.75) is 46.1 Å². The smallest absolute Gasteiger partial charge is 0.300 e. The van der Waals surface area contributed by atoms with Gasteiger partial charge in [0.25, 0.3) is 11.7 Å². The van der Waals surface area contributed by atoms with Gasteiger partial charge in [-0.25, -0.2) is 0 Å². The van der Waals surface area contributed by atoms with Crippen molar-refractivity contribution in [3.05, 3.63) is 94.6 Å². The zero-order chi connectivity index (χ0) is 27.8. The van der Waals surface area contributed by atoms with Crippen LogP contribution in [0.5, 0.6) is 5.75 Å². The van der Waals surface area contributed by atoms with Crippen LogP contribution in [0.4, 0.5) is 11.4 Å². The minimum absolute atomic E-state index is 0.00835. The zero-order valence-corrected chi connectivity index (χ0v) is 22.5. The van der Waals surface area contributed by atoms with E-state index in [1.54, 1.807) is 49.6 Å². The molecule has 0 saturated carbocycles. The maximum atomic E-state index is 13.4. The number of methoxy groups -OCH3 is 1. The number of ketones is 1. The largest absolute Gasteiger partial charge is 0.507 e. The summed E-state index contributed by atoms with van der Waals surface area (Å²) in [4.78, 5) is 39.7. The van der Waals surface area contributed by atoms with Gasteiger partial charge < -0.3 is 15.2 Å². The summed E-state index contributed by atoms with van der Waals surface area (Å²) in [5.74, 6) is -1.33. The number of nitrogens with zero attached hydrogens (tertiary/aromatic N) is 1. The van der Waals surface area contributed by atoms with Crippen LogP contribution in [0.2, 0.25) is 0 Å². The van der Waals surface area contributed by atoms with Crippen LogP contribution in [0.15, 0.2) is 72.3 Å². The number of rotatable bonds is 5. The first-order valence-electron chi connectivity index (χ1n) is 12.4. The summed E-state index contributed by atoms with van der Waals surface area (Å²) >= 11 is 0. The second kappa shape index (κ2) is 10.2. The summed E-state index contributed by atoms with van der Waals surface area (Å²) in [5.41, 5.74) is 3.95. The highest BCUT2D eigenvalue weighted by molar-refractivity contribution is 6.51. The van der Waals surface area contributed by atoms with E-state index in [0.29, 0.717) is 28.3 Å². The van der Waals surface area contributed by atoms with Crippen molar-refractivity contribution in [1.82, 2.24) is 0 Å². The molecule has 2 amide bonds. The summed E-state index contributed by atoms with van der Waals surface area (Å²) in [6.07, 6.45) is 0. The number of carbonyl (C=O) groups is 3. The molecule has 0 radical (unpaired) electrons. The molecule has 0 aromatic heterocycles. The van der Waals surface area contributed by atoms with Crippen molar-refractivity contribution >= 4 is 34.7 Å². The SMILES string of the molecule is COc1ccc(/C(O)=C2/C(=O)C(=O)N(c3ccc(NC(C)=O)cc3)C2c2ccc(C(C)(C)C)cc2)cc1C. The number of aliphatic hydroxyl groups excluding tert-OH is 1. The number of carbonyl (C=O) groups excluding carboxylic acids is 3. The number of amides is 2. The van der Waals surface area contributed by atoms with Gasteiger partial charge in [-0.2, -0.15) is 0 Å². The Morgan fingerprint density at radius 2 is 1.61 bits per heavy atom. The van der Waals surface area contributed by atoms with Gasteiger partial charge in [0.2, 0.25) is 5.91 Å². The van der Waals surface area contributed by atoms with E-state index in [1.807, 2.05) is 31.2 Å². The highest BCUT2D eigenvalue weighted by atomic mass is 16.5. The van der Waals surface area contributed by atoms with Crippen molar-refractivity contribution in [3.63, 3.8) is 0 Å². The van der Waals surface area contributed by atoms with Gasteiger partial charge in [-0.15, -0.1) is 0 Å². The van der Waals surface area contributed by atoms with Crippen LogP contribution in [-0.2, 0) is 19.8 Å². The van der Waals surface area contributed by atoms with E-state index in [1.165, 1.54) is 11.8 Å². The molecule has 3 aromatic carbocycles. The molecule has 0 spiro atoms. The van der Waals surface area contributed by atoms with E-state index in [0.717, 1.165) is 11.1 Å². The minimum atomic E-state index is -0.849. The lowest BCUT2D eigenvalue weighted by Crippen LogP contribution is -2.29. The maximum absolute atomic E-state index is 13.4. The third-order valence-corrected chi connectivity index (χ3v) is 6.67. The van der Waals surface area contributed by atoms with Crippen molar-refractivity contribution < 1.29 is 24.2 Å². The molecule has 1 saturated heterocycles. The fourth-order valence-electron chi connectivity index (χ4n) is 4.67. The van der Waals surface area contributed by atoms with Crippen LogP contribution in [0.1, 0.15) is 56.0 Å². The first-order valence-corrected chi connectivity index (χ1v) is 12.4. The lowest BCUT2D eigenvalue weighted by atomic mass is 9.85. The number of ether oxygens (including phenoxy) is 1.